The molecule has 3 aliphatic heterocycles. The van der Waals surface area contributed by atoms with Gasteiger partial charge in [0.2, 0.25) is 70.9 Å². The van der Waals surface area contributed by atoms with Gasteiger partial charge < -0.3 is 60.0 Å². The molecule has 8 aliphatic rings. The minimum absolute atomic E-state index is 0.00509. The van der Waals surface area contributed by atoms with Crippen molar-refractivity contribution in [3.8, 4) is 0 Å². The van der Waals surface area contributed by atoms with Gasteiger partial charge >= 0.3 is 6.18 Å². The van der Waals surface area contributed by atoms with Crippen LogP contribution in [0.2, 0.25) is 0 Å². The zero-order valence-electron chi connectivity index (χ0n) is 60.8. The first-order valence-electron chi connectivity index (χ1n) is 37.3. The van der Waals surface area contributed by atoms with Crippen LogP contribution in [0, 0.1) is 35.5 Å². The largest absolute Gasteiger partial charge is 0.393 e. The maximum atomic E-state index is 15.8. The fourth-order valence-electron chi connectivity index (χ4n) is 17.1. The number of nitrogens with one attached hydrogen (secondary N) is 3. The molecule has 3 N–H and O–H groups in total. The van der Waals surface area contributed by atoms with E-state index in [1.54, 1.807) is 4.90 Å². The Kier molecular flexibility index (Phi) is 28.0. The number of carbonyl (C=O) groups excluding carboxylic acids is 12. The molecule has 1 spiro atoms. The summed E-state index contributed by atoms with van der Waals surface area (Å²) in [6.07, 6.45) is 8.78. The summed E-state index contributed by atoms with van der Waals surface area (Å²) in [5, 5.41) is 7.70. The van der Waals surface area contributed by atoms with Gasteiger partial charge in [-0.05, 0) is 139 Å². The van der Waals surface area contributed by atoms with Crippen LogP contribution in [0.1, 0.15) is 200 Å². The van der Waals surface area contributed by atoms with Crippen molar-refractivity contribution in [3.63, 3.8) is 0 Å². The Labute approximate surface area is 594 Å². The first-order valence-corrected chi connectivity index (χ1v) is 37.8. The Morgan fingerprint density at radius 2 is 1.15 bits per heavy atom. The smallest absolute Gasteiger partial charge is 0.343 e. The molecule has 12 amide bonds. The lowest BCUT2D eigenvalue weighted by Crippen LogP contribution is -2.65. The molecule has 0 aromatic rings. The molecule has 0 aromatic heterocycles. The molecule has 100 heavy (non-hydrogen) atoms. The van der Waals surface area contributed by atoms with Crippen LogP contribution < -0.4 is 16.0 Å². The van der Waals surface area contributed by atoms with Crippen LogP contribution in [-0.2, 0) is 57.5 Å². The van der Waals surface area contributed by atoms with Gasteiger partial charge in [0.05, 0.1) is 32.0 Å². The second kappa shape index (κ2) is 35.3. The average molecular weight is 1430 g/mol. The van der Waals surface area contributed by atoms with E-state index in [1.165, 1.54) is 83.6 Å². The summed E-state index contributed by atoms with van der Waals surface area (Å²) in [4.78, 5) is 191. The van der Waals surface area contributed by atoms with Crippen LogP contribution in [0.15, 0.2) is 0 Å². The van der Waals surface area contributed by atoms with Crippen molar-refractivity contribution in [2.24, 2.45) is 35.5 Å². The SMILES string of the molecule is CC(C)C[C@H]1C(=O)N[C@@H](C2CCC2)C(=O)N(C)CC(=O)N(C)CC(=O)N(C)[C@@H](CC2CCCCC2)C(=O)N(C)CC(=O)N[C@@H](CCC2CCC(C(F)(F)F)C(Cl)C2)C(=O)N2CCC[C@H]2C(=O)NC2(CCCC2)C(=O)N(C)[C@@H](C2CCCCC2)C(=O)N(C)[C@H](C(=O)N2CCCC2)CC(=O)N1C. The quantitative estimate of drug-likeness (QED) is 0.218. The third-order valence-corrected chi connectivity index (χ3v) is 24.1. The molecule has 8 rings (SSSR count). The van der Waals surface area contributed by atoms with E-state index in [-0.39, 0.29) is 100 Å². The highest BCUT2D eigenvalue weighted by Crippen LogP contribution is 2.44. The number of hydrogen-bond acceptors (Lipinski definition) is 12. The van der Waals surface area contributed by atoms with Gasteiger partial charge in [-0.15, -0.1) is 11.6 Å². The van der Waals surface area contributed by atoms with Gasteiger partial charge in [0, 0.05) is 74.3 Å². The Balaban J connectivity index is 1.15. The van der Waals surface area contributed by atoms with E-state index in [0.29, 0.717) is 70.9 Å². The summed E-state index contributed by atoms with van der Waals surface area (Å²) in [6, 6.07) is -8.36. The molecule has 0 radical (unpaired) electrons. The minimum Gasteiger partial charge on any atom is -0.343 e. The molecule has 8 fully saturated rings. The summed E-state index contributed by atoms with van der Waals surface area (Å²) < 4.78 is 42.0. The lowest BCUT2D eigenvalue weighted by molar-refractivity contribution is -0.182. The molecular weight excluding hydrogens is 1320 g/mol. The van der Waals surface area contributed by atoms with Gasteiger partial charge in [0.1, 0.15) is 47.8 Å². The first kappa shape index (κ1) is 79.4. The molecule has 3 unspecified atom stereocenters. The highest BCUT2D eigenvalue weighted by Gasteiger charge is 2.52. The summed E-state index contributed by atoms with van der Waals surface area (Å²) >= 11 is 6.41. The van der Waals surface area contributed by atoms with E-state index in [1.807, 2.05) is 13.8 Å². The average Bonchev–Trinajstić information content (AvgIpc) is 1.43. The first-order chi connectivity index (χ1) is 47.3. The van der Waals surface area contributed by atoms with E-state index in [4.69, 9.17) is 11.6 Å². The van der Waals surface area contributed by atoms with Crippen LogP contribution in [0.5, 0.6) is 0 Å². The molecule has 10 atom stereocenters. The van der Waals surface area contributed by atoms with E-state index >= 15 is 24.0 Å². The molecule has 562 valence electrons. The van der Waals surface area contributed by atoms with Crippen molar-refractivity contribution in [1.82, 2.24) is 60.0 Å². The van der Waals surface area contributed by atoms with Gasteiger partial charge in [-0.25, -0.2) is 0 Å². The number of fused-ring (bicyclic) bond motifs is 1. The molecule has 28 heteroatoms. The summed E-state index contributed by atoms with van der Waals surface area (Å²) in [5.41, 5.74) is -1.54. The lowest BCUT2D eigenvalue weighted by atomic mass is 9.78. The van der Waals surface area contributed by atoms with Gasteiger partial charge in [-0.2, -0.15) is 13.2 Å². The maximum absolute atomic E-state index is 15.8. The monoisotopic (exact) mass is 1430 g/mol. The number of carbonyl (C=O) groups is 12. The number of hydrogen-bond donors (Lipinski definition) is 3. The van der Waals surface area contributed by atoms with Crippen LogP contribution in [0.25, 0.3) is 0 Å². The topological polar surface area (TPSA) is 270 Å². The van der Waals surface area contributed by atoms with Crippen molar-refractivity contribution in [2.75, 3.05) is 88.6 Å². The third kappa shape index (κ3) is 19.5. The van der Waals surface area contributed by atoms with Crippen LogP contribution in [0.4, 0.5) is 13.2 Å². The van der Waals surface area contributed by atoms with Gasteiger partial charge in [0.25, 0.3) is 0 Å². The van der Waals surface area contributed by atoms with Crippen molar-refractivity contribution >= 4 is 82.5 Å². The molecule has 0 bridgehead atoms. The maximum Gasteiger partial charge on any atom is 0.393 e. The van der Waals surface area contributed by atoms with E-state index < -0.39 is 162 Å². The second-order valence-electron chi connectivity index (χ2n) is 31.2. The number of alkyl halides is 4. The van der Waals surface area contributed by atoms with Crippen LogP contribution in [0.3, 0.4) is 0 Å². The number of amides is 12. The van der Waals surface area contributed by atoms with Crippen molar-refractivity contribution in [1.29, 1.82) is 0 Å². The number of likely N-dealkylation sites (N-methyl/N-ethyl adjacent to an activating group) is 7. The zero-order chi connectivity index (χ0) is 73.1. The second-order valence-corrected chi connectivity index (χ2v) is 31.8. The van der Waals surface area contributed by atoms with Gasteiger partial charge in [-0.3, -0.25) is 57.5 Å². The molecule has 3 saturated heterocycles. The van der Waals surface area contributed by atoms with Crippen molar-refractivity contribution in [3.05, 3.63) is 0 Å². The van der Waals surface area contributed by atoms with E-state index in [0.717, 1.165) is 62.7 Å². The van der Waals surface area contributed by atoms with Crippen LogP contribution in [-0.4, -0.2) is 263 Å². The molecular formula is C72H114ClF3N12O12. The minimum atomic E-state index is -4.50. The van der Waals surface area contributed by atoms with Crippen LogP contribution >= 0.6 is 11.6 Å². The number of halogens is 4. The standard InChI is InChI=1S/C72H114ClF3N12O12/c1-45(2)38-54-63(93)78-61(48-26-20-27-48)68(98)82(5)43-59(91)80(3)44-60(92)84(7)55(40-46-22-12-10-13-23-46)66(96)81(4)42-57(89)77-52(32-30-47-29-31-50(51(73)39-47)72(74,75)76)65(95)88-37-21-28-53(88)64(94)79-71(33-16-17-34-71)70(100)86(9)62(49-24-14-11-15-25-49)69(99)85(8)56(41-58(90)83(54)6)67(97)87-35-18-19-36-87/h45-56,61-62H,10-44H2,1-9H3,(H,77,89)(H,78,93)(H,79,94)/t47?,50?,51?,52-,53-,54-,55-,56-,61-,62-/m0/s1. The third-order valence-electron chi connectivity index (χ3n) is 23.6. The molecule has 3 heterocycles. The Morgan fingerprint density at radius 3 is 1.75 bits per heavy atom. The summed E-state index contributed by atoms with van der Waals surface area (Å²) in [6.45, 7) is 3.05. The predicted molar refractivity (Wildman–Crippen MR) is 368 cm³/mol. The Morgan fingerprint density at radius 1 is 0.550 bits per heavy atom. The fraction of sp³-hybridized carbons (Fsp3) is 0.833. The molecule has 0 aromatic carbocycles. The Hall–Kier alpha value is -6.28. The molecule has 24 nitrogen and oxygen atoms in total. The number of nitrogens with zero attached hydrogens (tertiary/aromatic N) is 9. The fourth-order valence-corrected chi connectivity index (χ4v) is 17.6. The number of rotatable bonds is 10. The van der Waals surface area contributed by atoms with Gasteiger partial charge in [-0.1, -0.05) is 84.5 Å². The predicted octanol–water partition coefficient (Wildman–Crippen LogP) is 5.85. The Bertz CT molecular complexity index is 2930. The lowest BCUT2D eigenvalue weighted by Gasteiger charge is -2.43. The van der Waals surface area contributed by atoms with Crippen molar-refractivity contribution in [2.45, 2.75) is 259 Å². The summed E-state index contributed by atoms with van der Waals surface area (Å²) in [7, 11) is 10.2. The molecule has 5 saturated carbocycles. The van der Waals surface area contributed by atoms with Gasteiger partial charge in [0.15, 0.2) is 0 Å². The van der Waals surface area contributed by atoms with E-state index in [9.17, 15) is 46.7 Å². The van der Waals surface area contributed by atoms with Crippen molar-refractivity contribution < 1.29 is 70.7 Å². The number of likely N-dealkylation sites (tertiary alicyclic amines) is 1. The summed E-state index contributed by atoms with van der Waals surface area (Å²) in [5.74, 6) is -10.1. The van der Waals surface area contributed by atoms with E-state index in [2.05, 4.69) is 16.0 Å². The molecule has 5 aliphatic carbocycles. The zero-order valence-corrected chi connectivity index (χ0v) is 61.5. The normalized spacial score (nSPS) is 30.5. The highest BCUT2D eigenvalue weighted by molar-refractivity contribution is 6.21. The highest BCUT2D eigenvalue weighted by atomic mass is 35.5.